The molecule has 0 aromatic carbocycles. The van der Waals surface area contributed by atoms with Gasteiger partial charge in [-0.3, -0.25) is 9.67 Å². The smallest absolute Gasteiger partial charge is 0.122 e. The van der Waals surface area contributed by atoms with Crippen molar-refractivity contribution >= 4 is 0 Å². The summed E-state index contributed by atoms with van der Waals surface area (Å²) in [6.07, 6.45) is 8.19. The second-order valence-corrected chi connectivity index (χ2v) is 3.09. The van der Waals surface area contributed by atoms with Gasteiger partial charge >= 0.3 is 0 Å². The Morgan fingerprint density at radius 1 is 1.57 bits per heavy atom. The van der Waals surface area contributed by atoms with Gasteiger partial charge in [-0.15, -0.1) is 5.21 Å². The summed E-state index contributed by atoms with van der Waals surface area (Å²) in [7, 11) is 0. The highest BCUT2D eigenvalue weighted by molar-refractivity contribution is 5.01. The molecule has 6 heteroatoms. The van der Waals surface area contributed by atoms with E-state index in [1.54, 1.807) is 4.57 Å². The second-order valence-electron chi connectivity index (χ2n) is 3.09. The molecule has 2 rings (SSSR count). The van der Waals surface area contributed by atoms with Crippen LogP contribution in [0.2, 0.25) is 0 Å². The number of tetrazole rings is 1. The van der Waals surface area contributed by atoms with Crippen molar-refractivity contribution in [1.29, 1.82) is 0 Å². The quantitative estimate of drug-likeness (QED) is 0.624. The third-order valence-electron chi connectivity index (χ3n) is 2.00. The Balaban J connectivity index is 2.10. The minimum Gasteiger partial charge on any atom is -0.321 e. The van der Waals surface area contributed by atoms with Crippen LogP contribution in [0.4, 0.5) is 0 Å². The molecule has 0 aliphatic heterocycles. The van der Waals surface area contributed by atoms with E-state index in [1.165, 1.54) is 12.8 Å². The van der Waals surface area contributed by atoms with Crippen molar-refractivity contribution in [2.45, 2.75) is 26.3 Å². The van der Waals surface area contributed by atoms with Crippen LogP contribution in [0.1, 0.15) is 19.8 Å². The van der Waals surface area contributed by atoms with Gasteiger partial charge in [0.1, 0.15) is 12.3 Å². The van der Waals surface area contributed by atoms with Gasteiger partial charge in [0.15, 0.2) is 0 Å². The van der Waals surface area contributed by atoms with E-state index in [0.29, 0.717) is 5.95 Å². The van der Waals surface area contributed by atoms with E-state index in [0.717, 1.165) is 6.54 Å². The molecular formula is C8H12N6. The Kier molecular flexibility index (Phi) is 2.53. The Hall–Kier alpha value is -1.72. The first kappa shape index (κ1) is 8.86. The Morgan fingerprint density at radius 3 is 3.21 bits per heavy atom. The van der Waals surface area contributed by atoms with Gasteiger partial charge in [-0.1, -0.05) is 13.3 Å². The zero-order valence-electron chi connectivity index (χ0n) is 8.04. The molecule has 2 aromatic rings. The minimum absolute atomic E-state index is 0.514. The van der Waals surface area contributed by atoms with E-state index >= 15 is 0 Å². The first-order valence-corrected chi connectivity index (χ1v) is 4.66. The lowest BCUT2D eigenvalue weighted by atomic mass is 10.3. The van der Waals surface area contributed by atoms with Crippen molar-refractivity contribution in [3.8, 4) is 5.95 Å². The normalized spacial score (nSPS) is 10.6. The molecule has 2 aromatic heterocycles. The summed E-state index contributed by atoms with van der Waals surface area (Å²) in [6, 6.07) is 0. The molecular weight excluding hydrogens is 180 g/mol. The number of aryl methyl sites for hydroxylation is 1. The predicted molar refractivity (Wildman–Crippen MR) is 47.6 cm³/mol. The number of aromatic nitrogens is 6. The van der Waals surface area contributed by atoms with Gasteiger partial charge in [-0.2, -0.15) is 5.21 Å². The summed E-state index contributed by atoms with van der Waals surface area (Å²) in [4.78, 5) is 0. The lowest BCUT2D eigenvalue weighted by molar-refractivity contribution is -0.696. The maximum absolute atomic E-state index is 3.76. The Bertz CT molecular complexity index is 376. The van der Waals surface area contributed by atoms with Gasteiger partial charge in [0.25, 0.3) is 0 Å². The molecule has 2 heterocycles. The summed E-state index contributed by atoms with van der Waals surface area (Å²) in [6.45, 7) is 3.19. The highest BCUT2D eigenvalue weighted by atomic mass is 15.5. The largest absolute Gasteiger partial charge is 0.321 e. The van der Waals surface area contributed by atoms with Gasteiger partial charge < -0.3 is 4.57 Å². The average Bonchev–Trinajstić information content (AvgIpc) is 2.85. The van der Waals surface area contributed by atoms with Crippen LogP contribution in [0.15, 0.2) is 18.7 Å². The first-order valence-electron chi connectivity index (χ1n) is 4.66. The molecule has 6 nitrogen and oxygen atoms in total. The molecule has 0 atom stereocenters. The van der Waals surface area contributed by atoms with Crippen LogP contribution in [0, 0.1) is 0 Å². The average molecular weight is 192 g/mol. The van der Waals surface area contributed by atoms with Crippen LogP contribution in [0.5, 0.6) is 0 Å². The molecule has 0 aliphatic rings. The van der Waals surface area contributed by atoms with Crippen LogP contribution in [0.25, 0.3) is 5.95 Å². The van der Waals surface area contributed by atoms with Crippen molar-refractivity contribution in [3.05, 3.63) is 18.7 Å². The molecule has 0 amide bonds. The van der Waals surface area contributed by atoms with Crippen LogP contribution in [0.3, 0.4) is 0 Å². The maximum Gasteiger partial charge on any atom is 0.122 e. The third kappa shape index (κ3) is 1.78. The SMILES string of the molecule is CCCC[n+]1ccn(-c2nnn[n-]2)c1. The molecule has 0 N–H and O–H groups in total. The molecule has 0 unspecified atom stereocenters. The standard InChI is InChI=1S/C8H12N6/c1-2-3-4-13-5-6-14(7-13)8-9-11-12-10-8/h5-7H,2-4H2,1H3. The molecule has 0 aliphatic carbocycles. The van der Waals surface area contributed by atoms with Crippen LogP contribution in [-0.4, -0.2) is 20.1 Å². The minimum atomic E-state index is 0.514. The van der Waals surface area contributed by atoms with Gasteiger partial charge in [0.05, 0.1) is 12.7 Å². The first-order chi connectivity index (χ1) is 6.90. The molecule has 0 bridgehead atoms. The predicted octanol–water partition coefficient (Wildman–Crippen LogP) is -0.293. The summed E-state index contributed by atoms with van der Waals surface area (Å²) < 4.78 is 3.90. The fourth-order valence-corrected chi connectivity index (χ4v) is 1.23. The van der Waals surface area contributed by atoms with Gasteiger partial charge in [0.2, 0.25) is 0 Å². The number of hydrogen-bond donors (Lipinski definition) is 0. The molecule has 0 saturated heterocycles. The summed E-state index contributed by atoms with van der Waals surface area (Å²) >= 11 is 0. The van der Waals surface area contributed by atoms with Crippen LogP contribution in [-0.2, 0) is 6.54 Å². The topological polar surface area (TPSA) is 61.6 Å². The van der Waals surface area contributed by atoms with E-state index in [-0.39, 0.29) is 0 Å². The Morgan fingerprint density at radius 2 is 2.50 bits per heavy atom. The fourth-order valence-electron chi connectivity index (χ4n) is 1.23. The molecule has 14 heavy (non-hydrogen) atoms. The van der Waals surface area contributed by atoms with Crippen molar-refractivity contribution < 1.29 is 4.57 Å². The van der Waals surface area contributed by atoms with E-state index in [1.807, 2.05) is 18.7 Å². The molecule has 74 valence electrons. The van der Waals surface area contributed by atoms with E-state index in [9.17, 15) is 0 Å². The third-order valence-corrected chi connectivity index (χ3v) is 2.00. The summed E-state index contributed by atoms with van der Waals surface area (Å²) in [5.74, 6) is 0.514. The number of unbranched alkanes of at least 4 members (excludes halogenated alkanes) is 1. The molecule has 0 radical (unpaired) electrons. The number of hydrogen-bond acceptors (Lipinski definition) is 3. The lowest BCUT2D eigenvalue weighted by Crippen LogP contribution is -2.30. The Labute approximate surface area is 81.6 Å². The zero-order valence-corrected chi connectivity index (χ0v) is 8.04. The molecule has 0 fully saturated rings. The van der Waals surface area contributed by atoms with E-state index < -0.39 is 0 Å². The van der Waals surface area contributed by atoms with Crippen LogP contribution >= 0.6 is 0 Å². The highest BCUT2D eigenvalue weighted by Gasteiger charge is 1.97. The summed E-state index contributed by atoms with van der Waals surface area (Å²) in [5.41, 5.74) is 0. The maximum atomic E-state index is 3.76. The molecule has 0 spiro atoms. The zero-order chi connectivity index (χ0) is 9.80. The monoisotopic (exact) mass is 192 g/mol. The van der Waals surface area contributed by atoms with Crippen LogP contribution < -0.4 is 9.67 Å². The second kappa shape index (κ2) is 3.99. The highest BCUT2D eigenvalue weighted by Crippen LogP contribution is 1.93. The van der Waals surface area contributed by atoms with Gasteiger partial charge in [-0.05, 0) is 6.42 Å². The van der Waals surface area contributed by atoms with Crippen molar-refractivity contribution in [1.82, 2.24) is 25.2 Å². The number of nitrogens with zero attached hydrogens (tertiary/aromatic N) is 6. The van der Waals surface area contributed by atoms with Gasteiger partial charge in [-0.25, -0.2) is 5.10 Å². The van der Waals surface area contributed by atoms with E-state index in [2.05, 4.69) is 32.1 Å². The number of imidazole rings is 1. The summed E-state index contributed by atoms with van der Waals surface area (Å²) in [5, 5.41) is 14.4. The fraction of sp³-hybridized carbons (Fsp3) is 0.500. The molecule has 0 saturated carbocycles. The van der Waals surface area contributed by atoms with Crippen molar-refractivity contribution in [3.63, 3.8) is 0 Å². The lowest BCUT2D eigenvalue weighted by Gasteiger charge is -1.98. The van der Waals surface area contributed by atoms with Crippen molar-refractivity contribution in [2.75, 3.05) is 0 Å². The van der Waals surface area contributed by atoms with Gasteiger partial charge in [0, 0.05) is 6.20 Å². The number of rotatable bonds is 4. The van der Waals surface area contributed by atoms with Crippen molar-refractivity contribution in [2.24, 2.45) is 0 Å². The van der Waals surface area contributed by atoms with E-state index in [4.69, 9.17) is 0 Å².